The maximum Gasteiger partial charge on any atom is 0.305 e. The van der Waals surface area contributed by atoms with Gasteiger partial charge in [0.1, 0.15) is 0 Å². The first kappa shape index (κ1) is 26.0. The molecule has 0 bridgehead atoms. The molecule has 29 heavy (non-hydrogen) atoms. The molecule has 0 spiro atoms. The minimum Gasteiger partial charge on any atom is -0.466 e. The van der Waals surface area contributed by atoms with Crippen molar-refractivity contribution in [1.29, 1.82) is 0 Å². The third-order valence-electron chi connectivity index (χ3n) is 5.99. The molecule has 0 unspecified atom stereocenters. The van der Waals surface area contributed by atoms with Crippen LogP contribution < -0.4 is 0 Å². The van der Waals surface area contributed by atoms with Crippen molar-refractivity contribution >= 4 is 11.9 Å². The van der Waals surface area contributed by atoms with Crippen LogP contribution in [0, 0.1) is 0 Å². The first-order chi connectivity index (χ1) is 14.2. The Bertz CT molecular complexity index is 405. The average molecular weight is 410 g/mol. The summed E-state index contributed by atoms with van der Waals surface area (Å²) in [5.74, 6) is 0.160. The number of piperidine rings is 1. The van der Waals surface area contributed by atoms with Crippen molar-refractivity contribution in [2.45, 2.75) is 129 Å². The molecule has 0 atom stereocenters. The highest BCUT2D eigenvalue weighted by atomic mass is 16.5. The smallest absolute Gasteiger partial charge is 0.305 e. The number of rotatable bonds is 18. The second-order valence-corrected chi connectivity index (χ2v) is 8.76. The van der Waals surface area contributed by atoms with Gasteiger partial charge in [-0.2, -0.15) is 0 Å². The molecule has 0 N–H and O–H groups in total. The van der Waals surface area contributed by atoms with Crippen molar-refractivity contribution in [3.05, 3.63) is 0 Å². The Morgan fingerprint density at radius 1 is 0.655 bits per heavy atom. The van der Waals surface area contributed by atoms with E-state index in [1.165, 1.54) is 70.6 Å². The summed E-state index contributed by atoms with van der Waals surface area (Å²) in [6.07, 6.45) is 21.9. The van der Waals surface area contributed by atoms with Crippen LogP contribution in [0.4, 0.5) is 0 Å². The first-order valence-corrected chi connectivity index (χ1v) is 12.7. The van der Waals surface area contributed by atoms with E-state index >= 15 is 0 Å². The van der Waals surface area contributed by atoms with Crippen LogP contribution in [-0.2, 0) is 14.3 Å². The fraction of sp³-hybridized carbons (Fsp3) is 0.920. The highest BCUT2D eigenvalue weighted by Gasteiger charge is 2.15. The predicted octanol–water partition coefficient (Wildman–Crippen LogP) is 6.80. The fourth-order valence-electron chi connectivity index (χ4n) is 4.05. The van der Waals surface area contributed by atoms with Crippen molar-refractivity contribution < 1.29 is 14.3 Å². The second-order valence-electron chi connectivity index (χ2n) is 8.76. The third kappa shape index (κ3) is 15.4. The lowest BCUT2D eigenvalue weighted by Gasteiger charge is -2.26. The van der Waals surface area contributed by atoms with Gasteiger partial charge in [-0.25, -0.2) is 0 Å². The van der Waals surface area contributed by atoms with Crippen LogP contribution in [0.2, 0.25) is 0 Å². The summed E-state index contributed by atoms with van der Waals surface area (Å²) < 4.78 is 5.32. The Morgan fingerprint density at radius 2 is 1.17 bits per heavy atom. The quantitative estimate of drug-likeness (QED) is 0.185. The highest BCUT2D eigenvalue weighted by Crippen LogP contribution is 2.13. The van der Waals surface area contributed by atoms with E-state index in [-0.39, 0.29) is 11.9 Å². The summed E-state index contributed by atoms with van der Waals surface area (Å²) in [7, 11) is 0. The van der Waals surface area contributed by atoms with Gasteiger partial charge in [0, 0.05) is 25.9 Å². The highest BCUT2D eigenvalue weighted by molar-refractivity contribution is 5.76. The van der Waals surface area contributed by atoms with E-state index in [1.54, 1.807) is 0 Å². The van der Waals surface area contributed by atoms with Crippen LogP contribution in [0.15, 0.2) is 0 Å². The Kier molecular flexibility index (Phi) is 17.0. The van der Waals surface area contributed by atoms with E-state index in [9.17, 15) is 9.59 Å². The Balaban J connectivity index is 1.79. The molecule has 170 valence electrons. The van der Waals surface area contributed by atoms with Gasteiger partial charge in [0.2, 0.25) is 5.91 Å². The summed E-state index contributed by atoms with van der Waals surface area (Å²) in [6.45, 7) is 4.66. The number of ether oxygens (including phenoxy) is 1. The fourth-order valence-corrected chi connectivity index (χ4v) is 4.05. The van der Waals surface area contributed by atoms with Crippen molar-refractivity contribution in [3.8, 4) is 0 Å². The minimum absolute atomic E-state index is 0.0986. The van der Waals surface area contributed by atoms with Crippen molar-refractivity contribution in [1.82, 2.24) is 4.90 Å². The predicted molar refractivity (Wildman–Crippen MR) is 121 cm³/mol. The van der Waals surface area contributed by atoms with Crippen LogP contribution in [0.25, 0.3) is 0 Å². The molecule has 0 aromatic carbocycles. The molecule has 0 saturated carbocycles. The molecule has 4 heteroatoms. The molecule has 0 aromatic rings. The lowest BCUT2D eigenvalue weighted by molar-refractivity contribution is -0.144. The van der Waals surface area contributed by atoms with Crippen LogP contribution >= 0.6 is 0 Å². The molecule has 1 saturated heterocycles. The van der Waals surface area contributed by atoms with Gasteiger partial charge in [-0.1, -0.05) is 77.6 Å². The summed E-state index contributed by atoms with van der Waals surface area (Å²) in [5.41, 5.74) is 0. The molecule has 4 nitrogen and oxygen atoms in total. The summed E-state index contributed by atoms with van der Waals surface area (Å²) in [6, 6.07) is 0. The zero-order valence-corrected chi connectivity index (χ0v) is 19.2. The second kappa shape index (κ2) is 18.9. The number of likely N-dealkylation sites (tertiary alicyclic amines) is 1. The average Bonchev–Trinajstić information content (AvgIpc) is 2.75. The van der Waals surface area contributed by atoms with Crippen molar-refractivity contribution in [2.24, 2.45) is 0 Å². The molecular weight excluding hydrogens is 362 g/mol. The number of hydrogen-bond donors (Lipinski definition) is 0. The molecule has 1 aliphatic heterocycles. The van der Waals surface area contributed by atoms with Gasteiger partial charge in [0.15, 0.2) is 0 Å². The van der Waals surface area contributed by atoms with Gasteiger partial charge in [0.25, 0.3) is 0 Å². The van der Waals surface area contributed by atoms with Gasteiger partial charge in [0.05, 0.1) is 6.61 Å². The lowest BCUT2D eigenvalue weighted by atomic mass is 10.1. The largest absolute Gasteiger partial charge is 0.466 e. The topological polar surface area (TPSA) is 46.6 Å². The summed E-state index contributed by atoms with van der Waals surface area (Å²) >= 11 is 0. The van der Waals surface area contributed by atoms with Gasteiger partial charge in [-0.05, 0) is 38.5 Å². The van der Waals surface area contributed by atoms with Crippen LogP contribution in [0.5, 0.6) is 0 Å². The number of hydrogen-bond acceptors (Lipinski definition) is 3. The zero-order chi connectivity index (χ0) is 21.0. The molecule has 0 aromatic heterocycles. The minimum atomic E-state index is -0.0986. The maximum absolute atomic E-state index is 12.1. The SMILES string of the molecule is CCCCCCCCCCCCCCOC(=O)CCCCC(=O)N1CCCCC1. The molecule has 1 heterocycles. The monoisotopic (exact) mass is 409 g/mol. The van der Waals surface area contributed by atoms with Gasteiger partial charge < -0.3 is 9.64 Å². The third-order valence-corrected chi connectivity index (χ3v) is 5.99. The molecule has 1 rings (SSSR count). The Morgan fingerprint density at radius 3 is 1.76 bits per heavy atom. The van der Waals surface area contributed by atoms with E-state index in [4.69, 9.17) is 4.74 Å². The molecule has 1 amide bonds. The number of unbranched alkanes of at least 4 members (excludes halogenated alkanes) is 12. The summed E-state index contributed by atoms with van der Waals surface area (Å²) in [4.78, 5) is 25.8. The number of amides is 1. The van der Waals surface area contributed by atoms with E-state index in [0.717, 1.165) is 51.6 Å². The Labute approximate surface area is 180 Å². The zero-order valence-electron chi connectivity index (χ0n) is 19.2. The number of nitrogens with zero attached hydrogens (tertiary/aromatic N) is 1. The van der Waals surface area contributed by atoms with E-state index in [1.807, 2.05) is 4.90 Å². The van der Waals surface area contributed by atoms with Crippen LogP contribution in [-0.4, -0.2) is 36.5 Å². The van der Waals surface area contributed by atoms with Crippen LogP contribution in [0.3, 0.4) is 0 Å². The van der Waals surface area contributed by atoms with Crippen molar-refractivity contribution in [2.75, 3.05) is 19.7 Å². The molecule has 1 fully saturated rings. The van der Waals surface area contributed by atoms with Crippen molar-refractivity contribution in [3.63, 3.8) is 0 Å². The molecular formula is C25H47NO3. The molecule has 0 aliphatic carbocycles. The number of esters is 1. The molecule has 0 radical (unpaired) electrons. The van der Waals surface area contributed by atoms with E-state index < -0.39 is 0 Å². The summed E-state index contributed by atoms with van der Waals surface area (Å²) in [5, 5.41) is 0. The number of carbonyl (C=O) groups is 2. The molecule has 1 aliphatic rings. The maximum atomic E-state index is 12.1. The number of carbonyl (C=O) groups excluding carboxylic acids is 2. The Hall–Kier alpha value is -1.06. The normalized spacial score (nSPS) is 14.2. The first-order valence-electron chi connectivity index (χ1n) is 12.7. The van der Waals surface area contributed by atoms with E-state index in [2.05, 4.69) is 6.92 Å². The van der Waals surface area contributed by atoms with Gasteiger partial charge in [-0.3, -0.25) is 9.59 Å². The van der Waals surface area contributed by atoms with E-state index in [0.29, 0.717) is 19.4 Å². The van der Waals surface area contributed by atoms with Gasteiger partial charge in [-0.15, -0.1) is 0 Å². The lowest BCUT2D eigenvalue weighted by Crippen LogP contribution is -2.35. The standard InChI is InChI=1S/C25H47NO3/c1-2-3-4-5-6-7-8-9-10-11-12-18-23-29-25(28)20-15-14-19-24(27)26-21-16-13-17-22-26/h2-23H2,1H3. The van der Waals surface area contributed by atoms with Crippen LogP contribution in [0.1, 0.15) is 129 Å². The van der Waals surface area contributed by atoms with Gasteiger partial charge >= 0.3 is 5.97 Å².